The van der Waals surface area contributed by atoms with Gasteiger partial charge >= 0.3 is 0 Å². The molecule has 0 aromatic carbocycles. The van der Waals surface area contributed by atoms with E-state index >= 15 is 0 Å². The van der Waals surface area contributed by atoms with Gasteiger partial charge in [0.15, 0.2) is 5.78 Å². The van der Waals surface area contributed by atoms with Gasteiger partial charge in [-0.25, -0.2) is 0 Å². The zero-order chi connectivity index (χ0) is 16.8. The average molecular weight is 336 g/mol. The van der Waals surface area contributed by atoms with Crippen LogP contribution < -0.4 is 9.47 Å². The Morgan fingerprint density at radius 2 is 2.00 bits per heavy atom. The van der Waals surface area contributed by atoms with E-state index in [4.69, 9.17) is 26.4 Å². The summed E-state index contributed by atoms with van der Waals surface area (Å²) in [6.07, 6.45) is 2.54. The van der Waals surface area contributed by atoms with Gasteiger partial charge in [-0.2, -0.15) is 4.98 Å². The van der Waals surface area contributed by atoms with Crippen LogP contribution in [0.1, 0.15) is 18.4 Å². The zero-order valence-corrected chi connectivity index (χ0v) is 14.3. The molecule has 1 aromatic rings. The molecule has 0 unspecified atom stereocenters. The quantitative estimate of drug-likeness (QED) is 0.737. The highest BCUT2D eigenvalue weighted by molar-refractivity contribution is 7.80. The molecule has 2 rings (SSSR count). The predicted octanol–water partition coefficient (Wildman–Crippen LogP) is 2.08. The van der Waals surface area contributed by atoms with Crippen LogP contribution in [0.3, 0.4) is 0 Å². The highest BCUT2D eigenvalue weighted by Crippen LogP contribution is 2.31. The lowest BCUT2D eigenvalue weighted by Gasteiger charge is -2.27. The maximum Gasteiger partial charge on any atom is 0.225 e. The fraction of sp³-hybridized carbons (Fsp3) is 0.438. The predicted molar refractivity (Wildman–Crippen MR) is 90.7 cm³/mol. The first kappa shape index (κ1) is 17.4. The van der Waals surface area contributed by atoms with Crippen molar-refractivity contribution in [3.05, 3.63) is 23.8 Å². The number of methoxy groups -OCH3 is 3. The third kappa shape index (κ3) is 4.05. The fourth-order valence-corrected chi connectivity index (χ4v) is 2.63. The van der Waals surface area contributed by atoms with Crippen molar-refractivity contribution in [3.63, 3.8) is 0 Å². The van der Waals surface area contributed by atoms with Crippen LogP contribution in [0.5, 0.6) is 11.8 Å². The molecule has 0 N–H and O–H groups in total. The summed E-state index contributed by atoms with van der Waals surface area (Å²) in [5.41, 5.74) is 1.38. The normalized spacial score (nSPS) is 15.3. The standard InChI is InChI=1S/C16H20N2O4S/c1-20-9-8-18-13(10-11(19)4-7-15(18)23)12-5-6-14(21-2)17-16(12)22-3/h5-6,10H,4,7-9H2,1-3H3. The Morgan fingerprint density at radius 1 is 1.22 bits per heavy atom. The summed E-state index contributed by atoms with van der Waals surface area (Å²) < 4.78 is 15.6. The topological polar surface area (TPSA) is 60.9 Å². The molecule has 0 atom stereocenters. The number of carbonyl (C=O) groups excluding carboxylic acids is 1. The van der Waals surface area contributed by atoms with Crippen LogP contribution in [0.2, 0.25) is 0 Å². The number of hydrogen-bond acceptors (Lipinski definition) is 6. The smallest absolute Gasteiger partial charge is 0.225 e. The molecule has 0 amide bonds. The van der Waals surface area contributed by atoms with E-state index < -0.39 is 0 Å². The lowest BCUT2D eigenvalue weighted by Crippen LogP contribution is -2.30. The van der Waals surface area contributed by atoms with E-state index in [-0.39, 0.29) is 5.78 Å². The van der Waals surface area contributed by atoms with Gasteiger partial charge in [0.2, 0.25) is 11.8 Å². The number of allylic oxidation sites excluding steroid dienone is 1. The summed E-state index contributed by atoms with van der Waals surface area (Å²) in [4.78, 5) is 19.0. The molecule has 23 heavy (non-hydrogen) atoms. The molecule has 1 aliphatic heterocycles. The first-order chi connectivity index (χ1) is 11.1. The summed E-state index contributed by atoms with van der Waals surface area (Å²) in [6.45, 7) is 1.06. The number of pyridine rings is 1. The van der Waals surface area contributed by atoms with Crippen LogP contribution in [0.25, 0.3) is 5.70 Å². The highest BCUT2D eigenvalue weighted by atomic mass is 32.1. The van der Waals surface area contributed by atoms with Crippen LogP contribution in [0.15, 0.2) is 18.2 Å². The van der Waals surface area contributed by atoms with Crippen molar-refractivity contribution in [1.29, 1.82) is 0 Å². The van der Waals surface area contributed by atoms with Gasteiger partial charge in [-0.05, 0) is 6.07 Å². The first-order valence-corrected chi connectivity index (χ1v) is 7.64. The number of hydrogen-bond donors (Lipinski definition) is 0. The number of thiocarbonyl (C=S) groups is 1. The van der Waals surface area contributed by atoms with E-state index in [1.807, 2.05) is 11.0 Å². The van der Waals surface area contributed by atoms with Crippen molar-refractivity contribution in [2.75, 3.05) is 34.5 Å². The second-order valence-electron chi connectivity index (χ2n) is 4.94. The number of ether oxygens (including phenoxy) is 3. The second kappa shape index (κ2) is 8.03. The molecule has 7 heteroatoms. The van der Waals surface area contributed by atoms with Gasteiger partial charge in [0.1, 0.15) is 0 Å². The van der Waals surface area contributed by atoms with Crippen molar-refractivity contribution in [1.82, 2.24) is 9.88 Å². The SMILES string of the molecule is COCCN1C(=S)CCC(=O)C=C1c1ccc(OC)nc1OC. The lowest BCUT2D eigenvalue weighted by molar-refractivity contribution is -0.114. The first-order valence-electron chi connectivity index (χ1n) is 7.24. The Hall–Kier alpha value is -1.99. The Morgan fingerprint density at radius 3 is 2.65 bits per heavy atom. The van der Waals surface area contributed by atoms with Gasteiger partial charge in [-0.15, -0.1) is 0 Å². The number of aromatic nitrogens is 1. The largest absolute Gasteiger partial charge is 0.481 e. The molecule has 0 fully saturated rings. The summed E-state index contributed by atoms with van der Waals surface area (Å²) in [7, 11) is 4.70. The van der Waals surface area contributed by atoms with Crippen molar-refractivity contribution in [3.8, 4) is 11.8 Å². The molecule has 0 spiro atoms. The Labute approximate surface area is 141 Å². The van der Waals surface area contributed by atoms with Gasteiger partial charge in [-0.3, -0.25) is 4.79 Å². The highest BCUT2D eigenvalue weighted by Gasteiger charge is 2.24. The van der Waals surface area contributed by atoms with Gasteiger partial charge in [0.25, 0.3) is 0 Å². The molecule has 2 heterocycles. The number of nitrogens with zero attached hydrogens (tertiary/aromatic N) is 2. The minimum Gasteiger partial charge on any atom is -0.481 e. The summed E-state index contributed by atoms with van der Waals surface area (Å²) in [5, 5.41) is 0. The van der Waals surface area contributed by atoms with Crippen LogP contribution in [-0.4, -0.2) is 55.1 Å². The van der Waals surface area contributed by atoms with Gasteiger partial charge in [0.05, 0.1) is 37.1 Å². The van der Waals surface area contributed by atoms with Crippen molar-refractivity contribution in [2.24, 2.45) is 0 Å². The Kier molecular flexibility index (Phi) is 6.06. The zero-order valence-electron chi connectivity index (χ0n) is 13.5. The third-order valence-electron chi connectivity index (χ3n) is 3.51. The van der Waals surface area contributed by atoms with Crippen LogP contribution in [0.4, 0.5) is 0 Å². The minimum atomic E-state index is 0.0279. The Balaban J connectivity index is 2.49. The number of ketones is 1. The van der Waals surface area contributed by atoms with Gasteiger partial charge in [-0.1, -0.05) is 12.2 Å². The molecular formula is C16H20N2O4S. The second-order valence-corrected chi connectivity index (χ2v) is 5.42. The average Bonchev–Trinajstić information content (AvgIpc) is 2.71. The number of rotatable bonds is 6. The van der Waals surface area contributed by atoms with Crippen LogP contribution in [-0.2, 0) is 9.53 Å². The third-order valence-corrected chi connectivity index (χ3v) is 3.93. The van der Waals surface area contributed by atoms with Crippen molar-refractivity contribution < 1.29 is 19.0 Å². The summed E-state index contributed by atoms with van der Waals surface area (Å²) >= 11 is 5.48. The van der Waals surface area contributed by atoms with E-state index in [9.17, 15) is 4.79 Å². The fourth-order valence-electron chi connectivity index (χ4n) is 2.34. The van der Waals surface area contributed by atoms with Gasteiger partial charge in [0, 0.05) is 38.6 Å². The van der Waals surface area contributed by atoms with Crippen LogP contribution in [0, 0.1) is 0 Å². The Bertz CT molecular complexity index is 631. The van der Waals surface area contributed by atoms with E-state index in [1.165, 1.54) is 14.2 Å². The van der Waals surface area contributed by atoms with Crippen LogP contribution >= 0.6 is 12.2 Å². The summed E-state index contributed by atoms with van der Waals surface area (Å²) in [6, 6.07) is 3.54. The molecule has 0 bridgehead atoms. The lowest BCUT2D eigenvalue weighted by atomic mass is 10.1. The molecule has 1 aliphatic rings. The van der Waals surface area contributed by atoms with Crippen molar-refractivity contribution in [2.45, 2.75) is 12.8 Å². The molecule has 0 radical (unpaired) electrons. The molecule has 0 saturated carbocycles. The summed E-state index contributed by atoms with van der Waals surface area (Å²) in [5.74, 6) is 0.854. The van der Waals surface area contributed by atoms with E-state index in [1.54, 1.807) is 19.3 Å². The van der Waals surface area contributed by atoms with Crippen molar-refractivity contribution >= 4 is 28.7 Å². The molecule has 1 aromatic heterocycles. The van der Waals surface area contributed by atoms with E-state index in [0.717, 1.165) is 0 Å². The van der Waals surface area contributed by atoms with E-state index in [2.05, 4.69) is 4.98 Å². The maximum atomic E-state index is 12.1. The monoisotopic (exact) mass is 336 g/mol. The van der Waals surface area contributed by atoms with Gasteiger partial charge < -0.3 is 19.1 Å². The maximum absolute atomic E-state index is 12.1. The minimum absolute atomic E-state index is 0.0279. The molecule has 6 nitrogen and oxygen atoms in total. The molecule has 0 saturated heterocycles. The molecule has 124 valence electrons. The van der Waals surface area contributed by atoms with E-state index in [0.29, 0.717) is 54.0 Å². The molecular weight excluding hydrogens is 316 g/mol. The number of carbonyl (C=O) groups is 1. The molecule has 0 aliphatic carbocycles.